The number of carbonyl (C=O) groups is 1. The molecule has 0 aliphatic carbocycles. The van der Waals surface area contributed by atoms with Crippen molar-refractivity contribution in [3.8, 4) is 0 Å². The number of epoxide rings is 1. The van der Waals surface area contributed by atoms with Crippen molar-refractivity contribution in [2.45, 2.75) is 103 Å². The Morgan fingerprint density at radius 1 is 1.31 bits per heavy atom. The van der Waals surface area contributed by atoms with E-state index in [1.54, 1.807) is 11.3 Å². The van der Waals surface area contributed by atoms with Crippen molar-refractivity contribution in [1.82, 2.24) is 4.98 Å². The molecule has 1 aliphatic heterocycles. The minimum Gasteiger partial charge on any atom is -0.410 e. The summed E-state index contributed by atoms with van der Waals surface area (Å²) in [5, 5.41) is 3.07. The van der Waals surface area contributed by atoms with Gasteiger partial charge in [-0.15, -0.1) is 11.3 Å². The van der Waals surface area contributed by atoms with Crippen LogP contribution in [0.1, 0.15) is 71.0 Å². The summed E-state index contributed by atoms with van der Waals surface area (Å²) in [6, 6.07) is 3.12. The topological polar surface area (TPSA) is 95.1 Å². The zero-order valence-corrected chi connectivity index (χ0v) is 25.0. The number of thiazole rings is 1. The van der Waals surface area contributed by atoms with Gasteiger partial charge in [0, 0.05) is 17.7 Å². The van der Waals surface area contributed by atoms with Crippen LogP contribution in [0.25, 0.3) is 6.08 Å². The Kier molecular flexibility index (Phi) is 11.3. The van der Waals surface area contributed by atoms with Gasteiger partial charge in [0.15, 0.2) is 8.32 Å². The van der Waals surface area contributed by atoms with Gasteiger partial charge >= 0.3 is 0 Å². The lowest BCUT2D eigenvalue weighted by atomic mass is 9.92. The Morgan fingerprint density at radius 3 is 2.49 bits per heavy atom. The molecule has 0 bridgehead atoms. The highest BCUT2D eigenvalue weighted by Crippen LogP contribution is 2.46. The van der Waals surface area contributed by atoms with Gasteiger partial charge < -0.3 is 14.0 Å². The molecular weight excluding hydrogens is 502 g/mol. The summed E-state index contributed by atoms with van der Waals surface area (Å²) in [4.78, 5) is 15.6. The van der Waals surface area contributed by atoms with Crippen LogP contribution in [-0.2, 0) is 28.3 Å². The molecule has 0 radical (unpaired) electrons. The van der Waals surface area contributed by atoms with E-state index in [4.69, 9.17) is 13.3 Å². The normalized spacial score (nSPS) is 22.7. The molecule has 2 heterocycles. The average Bonchev–Trinajstić information content (AvgIpc) is 3.33. The van der Waals surface area contributed by atoms with Crippen LogP contribution in [0.4, 0.5) is 0 Å². The summed E-state index contributed by atoms with van der Waals surface area (Å²) in [6.45, 7) is 12.6. The summed E-state index contributed by atoms with van der Waals surface area (Å²) in [6.07, 6.45) is 6.58. The molecule has 0 aromatic carbocycles. The Labute approximate surface area is 216 Å². The number of carbonyl (C=O) groups excluding carboxylic acids is 1. The van der Waals surface area contributed by atoms with Crippen LogP contribution in [0.2, 0.25) is 18.1 Å². The SMILES string of the molecule is CC[Si](CC)(CC)O[C@@H](C[C@@H]1O[C@@]1(CCC[C@H](C)C=O)COS(C)(=O)=O)/C(C)=C/c1csc(C)n1. The molecule has 1 aliphatic rings. The van der Waals surface area contributed by atoms with Crippen molar-refractivity contribution in [2.75, 3.05) is 12.9 Å². The fraction of sp³-hybridized carbons (Fsp3) is 0.760. The van der Waals surface area contributed by atoms with Crippen molar-refractivity contribution in [3.63, 3.8) is 0 Å². The van der Waals surface area contributed by atoms with Crippen LogP contribution in [0.3, 0.4) is 0 Å². The molecule has 1 fully saturated rings. The zero-order valence-electron chi connectivity index (χ0n) is 22.3. The highest BCUT2D eigenvalue weighted by molar-refractivity contribution is 7.85. The summed E-state index contributed by atoms with van der Waals surface area (Å²) in [5.41, 5.74) is 1.37. The molecule has 0 N–H and O–H groups in total. The van der Waals surface area contributed by atoms with Gasteiger partial charge in [-0.2, -0.15) is 8.42 Å². The summed E-state index contributed by atoms with van der Waals surface area (Å²) >= 11 is 1.62. The van der Waals surface area contributed by atoms with E-state index in [-0.39, 0.29) is 24.7 Å². The molecule has 2 rings (SSSR count). The summed E-state index contributed by atoms with van der Waals surface area (Å²) in [7, 11) is -5.50. The number of aldehydes is 1. The van der Waals surface area contributed by atoms with Crippen LogP contribution in [-0.4, -0.2) is 58.7 Å². The standard InChI is InChI=1S/C25H43NO6S2Si/c1-8-35(9-2,10-3)32-23(20(5)14-22-17-33-21(6)26-22)15-24-25(31-24,18-30-34(7,28)29)13-11-12-19(4)16-27/h14,16-17,19,23-24H,8-13,15,18H2,1-7H3/b20-14+/t19-,23-,24-,25-/m0/s1. The van der Waals surface area contributed by atoms with E-state index in [0.717, 1.165) is 59.8 Å². The largest absolute Gasteiger partial charge is 0.410 e. The monoisotopic (exact) mass is 545 g/mol. The van der Waals surface area contributed by atoms with Crippen LogP contribution >= 0.6 is 11.3 Å². The highest BCUT2D eigenvalue weighted by Gasteiger charge is 2.57. The van der Waals surface area contributed by atoms with Crippen molar-refractivity contribution in [3.05, 3.63) is 21.7 Å². The van der Waals surface area contributed by atoms with Crippen molar-refractivity contribution in [1.29, 1.82) is 0 Å². The van der Waals surface area contributed by atoms with Gasteiger partial charge in [-0.1, -0.05) is 27.7 Å². The van der Waals surface area contributed by atoms with Crippen molar-refractivity contribution in [2.24, 2.45) is 5.92 Å². The first-order valence-corrected chi connectivity index (χ1v) is 17.9. The molecule has 0 spiro atoms. The molecule has 1 aromatic heterocycles. The molecule has 0 unspecified atom stereocenters. The first kappa shape index (κ1) is 30.3. The summed E-state index contributed by atoms with van der Waals surface area (Å²) in [5.74, 6) is -0.0341. The van der Waals surface area contributed by atoms with Gasteiger partial charge in [0.05, 0.1) is 35.8 Å². The van der Waals surface area contributed by atoms with Gasteiger partial charge in [-0.3, -0.25) is 4.18 Å². The van der Waals surface area contributed by atoms with E-state index in [1.165, 1.54) is 0 Å². The first-order chi connectivity index (χ1) is 16.4. The Hall–Kier alpha value is -0.913. The van der Waals surface area contributed by atoms with E-state index in [1.807, 2.05) is 19.2 Å². The highest BCUT2D eigenvalue weighted by atomic mass is 32.2. The fourth-order valence-electron chi connectivity index (χ4n) is 4.53. The second-order valence-electron chi connectivity index (χ2n) is 9.91. The van der Waals surface area contributed by atoms with E-state index < -0.39 is 24.0 Å². The lowest BCUT2D eigenvalue weighted by Crippen LogP contribution is -2.41. The number of aromatic nitrogens is 1. The molecule has 35 heavy (non-hydrogen) atoms. The number of nitrogens with zero attached hydrogens (tertiary/aromatic N) is 1. The molecule has 10 heteroatoms. The third kappa shape index (κ3) is 9.16. The van der Waals surface area contributed by atoms with Crippen LogP contribution in [0, 0.1) is 12.8 Å². The first-order valence-electron chi connectivity index (χ1n) is 12.7. The molecule has 200 valence electrons. The van der Waals surface area contributed by atoms with Gasteiger partial charge in [0.25, 0.3) is 10.1 Å². The third-order valence-electron chi connectivity index (χ3n) is 7.19. The molecular formula is C25H43NO6S2Si. The van der Waals surface area contributed by atoms with Crippen LogP contribution < -0.4 is 0 Å². The predicted octanol–water partition coefficient (Wildman–Crippen LogP) is 5.75. The van der Waals surface area contributed by atoms with Gasteiger partial charge in [0.2, 0.25) is 0 Å². The second-order valence-corrected chi connectivity index (χ2v) is 17.3. The maximum Gasteiger partial charge on any atom is 0.264 e. The lowest BCUT2D eigenvalue weighted by molar-refractivity contribution is -0.110. The molecule has 0 amide bonds. The lowest BCUT2D eigenvalue weighted by Gasteiger charge is -2.34. The molecule has 1 aromatic rings. The van der Waals surface area contributed by atoms with E-state index in [9.17, 15) is 13.2 Å². The average molecular weight is 546 g/mol. The van der Waals surface area contributed by atoms with E-state index in [0.29, 0.717) is 12.8 Å². The quantitative estimate of drug-likeness (QED) is 0.106. The molecule has 4 atom stereocenters. The molecule has 0 saturated carbocycles. The maximum atomic E-state index is 11.7. The van der Waals surface area contributed by atoms with Gasteiger partial charge in [-0.05, 0) is 62.9 Å². The van der Waals surface area contributed by atoms with Crippen LogP contribution in [0.5, 0.6) is 0 Å². The number of aryl methyl sites for hydroxylation is 1. The number of hydrogen-bond donors (Lipinski definition) is 0. The van der Waals surface area contributed by atoms with Crippen LogP contribution in [0.15, 0.2) is 11.0 Å². The zero-order chi connectivity index (χ0) is 26.3. The van der Waals surface area contributed by atoms with E-state index in [2.05, 4.69) is 38.8 Å². The minimum absolute atomic E-state index is 0.00929. The number of hydrogen-bond acceptors (Lipinski definition) is 8. The predicted molar refractivity (Wildman–Crippen MR) is 145 cm³/mol. The van der Waals surface area contributed by atoms with Gasteiger partial charge in [-0.25, -0.2) is 4.98 Å². The van der Waals surface area contributed by atoms with Gasteiger partial charge in [0.1, 0.15) is 11.9 Å². The fourth-order valence-corrected chi connectivity index (χ4v) is 8.39. The number of ether oxygens (including phenoxy) is 1. The van der Waals surface area contributed by atoms with E-state index >= 15 is 0 Å². The Morgan fingerprint density at radius 2 is 1.97 bits per heavy atom. The minimum atomic E-state index is -3.59. The molecule has 1 saturated heterocycles. The molecule has 7 nitrogen and oxygen atoms in total. The Bertz CT molecular complexity index is 951. The Balaban J connectivity index is 2.25. The maximum absolute atomic E-state index is 11.7. The third-order valence-corrected chi connectivity index (χ3v) is 13.2. The van der Waals surface area contributed by atoms with Crippen molar-refractivity contribution >= 4 is 42.1 Å². The second kappa shape index (κ2) is 13.1. The smallest absolute Gasteiger partial charge is 0.264 e. The number of rotatable bonds is 17. The summed E-state index contributed by atoms with van der Waals surface area (Å²) < 4.78 is 41.8. The van der Waals surface area contributed by atoms with Crippen molar-refractivity contribution < 1.29 is 26.6 Å².